The SMILES string of the molecule is CC(C)(C)OC(=O)N1C2CC1CN(c1nc3c(OC(F)(F)C(C)(C)O)ccc(B4OC(C)(C)C(C)(C)O4)c3s1)C2. The smallest absolute Gasteiger partial charge is 0.444 e. The number of aliphatic hydroxyl groups is 1. The van der Waals surface area contributed by atoms with Gasteiger partial charge >= 0.3 is 19.3 Å². The molecule has 5 heterocycles. The maximum absolute atomic E-state index is 14.8. The Morgan fingerprint density at radius 2 is 1.68 bits per heavy atom. The van der Waals surface area contributed by atoms with E-state index in [4.69, 9.17) is 23.8 Å². The van der Waals surface area contributed by atoms with Crippen LogP contribution in [0, 0.1) is 0 Å². The van der Waals surface area contributed by atoms with Crippen LogP contribution in [0.5, 0.6) is 5.75 Å². The highest BCUT2D eigenvalue weighted by atomic mass is 32.1. The summed E-state index contributed by atoms with van der Waals surface area (Å²) in [5.74, 6) is -0.151. The lowest BCUT2D eigenvalue weighted by Gasteiger charge is -2.55. The average molecular weight is 581 g/mol. The number of nitrogens with zero attached hydrogens (tertiary/aromatic N) is 3. The number of alkyl halides is 2. The summed E-state index contributed by atoms with van der Waals surface area (Å²) in [6.45, 7) is 16.4. The second-order valence-corrected chi connectivity index (χ2v) is 14.4. The van der Waals surface area contributed by atoms with E-state index >= 15 is 0 Å². The summed E-state index contributed by atoms with van der Waals surface area (Å²) in [4.78, 5) is 21.3. The molecule has 1 amide bonds. The first-order chi connectivity index (χ1) is 18.2. The number of carbonyl (C=O) groups is 1. The highest BCUT2D eigenvalue weighted by Crippen LogP contribution is 2.43. The van der Waals surface area contributed by atoms with E-state index in [2.05, 4.69) is 4.90 Å². The number of benzene rings is 1. The molecule has 0 radical (unpaired) electrons. The number of anilines is 1. The number of carbonyl (C=O) groups excluding carboxylic acids is 1. The summed E-state index contributed by atoms with van der Waals surface area (Å²) in [5.41, 5.74) is -3.30. The largest absolute Gasteiger partial charge is 0.496 e. The molecule has 4 fully saturated rings. The van der Waals surface area contributed by atoms with Crippen LogP contribution in [0.3, 0.4) is 0 Å². The van der Waals surface area contributed by atoms with Crippen LogP contribution in [-0.2, 0) is 14.0 Å². The Hall–Kier alpha value is -2.22. The van der Waals surface area contributed by atoms with Crippen molar-refractivity contribution >= 4 is 45.4 Å². The average Bonchev–Trinajstić information content (AvgIpc) is 3.30. The molecule has 4 saturated heterocycles. The maximum Gasteiger partial charge on any atom is 0.496 e. The number of ether oxygens (including phenoxy) is 2. The van der Waals surface area contributed by atoms with Crippen molar-refractivity contribution in [2.75, 3.05) is 18.0 Å². The van der Waals surface area contributed by atoms with Gasteiger partial charge in [0.1, 0.15) is 11.1 Å². The van der Waals surface area contributed by atoms with Gasteiger partial charge in [0.05, 0.1) is 28.0 Å². The summed E-state index contributed by atoms with van der Waals surface area (Å²) in [5, 5.41) is 10.6. The van der Waals surface area contributed by atoms with Crippen LogP contribution in [0.15, 0.2) is 12.1 Å². The third-order valence-corrected chi connectivity index (χ3v) is 9.22. The molecule has 6 rings (SSSR count). The van der Waals surface area contributed by atoms with E-state index in [-0.39, 0.29) is 29.4 Å². The Morgan fingerprint density at radius 1 is 1.10 bits per heavy atom. The van der Waals surface area contributed by atoms with Crippen molar-refractivity contribution in [2.45, 2.75) is 109 Å². The first-order valence-electron chi connectivity index (χ1n) is 13.5. The fourth-order valence-electron chi connectivity index (χ4n) is 5.01. The molecule has 1 N–H and O–H groups in total. The first kappa shape index (κ1) is 29.3. The molecular weight excluding hydrogens is 543 g/mol. The fourth-order valence-corrected chi connectivity index (χ4v) is 6.13. The van der Waals surface area contributed by atoms with Gasteiger partial charge in [-0.15, -0.1) is 0 Å². The van der Waals surface area contributed by atoms with Crippen LogP contribution in [0.25, 0.3) is 10.2 Å². The molecule has 9 nitrogen and oxygen atoms in total. The Balaban J connectivity index is 1.48. The second kappa shape index (κ2) is 9.14. The first-order valence-corrected chi connectivity index (χ1v) is 14.4. The number of halogens is 2. The van der Waals surface area contributed by atoms with Crippen molar-refractivity contribution in [2.24, 2.45) is 0 Å². The topological polar surface area (TPSA) is 93.6 Å². The Bertz CT molecular complexity index is 1290. The monoisotopic (exact) mass is 581 g/mol. The fraction of sp³-hybridized carbons (Fsp3) is 0.704. The van der Waals surface area contributed by atoms with Crippen molar-refractivity contribution in [3.63, 3.8) is 0 Å². The van der Waals surface area contributed by atoms with E-state index in [9.17, 15) is 18.7 Å². The van der Waals surface area contributed by atoms with Crippen molar-refractivity contribution in [1.82, 2.24) is 9.88 Å². The zero-order valence-electron chi connectivity index (χ0n) is 24.5. The van der Waals surface area contributed by atoms with Gasteiger partial charge in [0.25, 0.3) is 0 Å². The molecule has 2 bridgehead atoms. The lowest BCUT2D eigenvalue weighted by atomic mass is 9.79. The predicted octanol–water partition coefficient (Wildman–Crippen LogP) is 4.54. The number of fused-ring (bicyclic) bond motifs is 3. The van der Waals surface area contributed by atoms with Crippen LogP contribution in [0.2, 0.25) is 0 Å². The van der Waals surface area contributed by atoms with Crippen molar-refractivity contribution in [3.8, 4) is 5.75 Å². The molecule has 2 unspecified atom stereocenters. The normalized spacial score (nSPS) is 24.4. The lowest BCUT2D eigenvalue weighted by molar-refractivity contribution is -0.275. The molecule has 40 heavy (non-hydrogen) atoms. The van der Waals surface area contributed by atoms with Crippen LogP contribution in [-0.4, -0.2) is 81.9 Å². The van der Waals surface area contributed by atoms with Gasteiger partial charge in [-0.05, 0) is 74.8 Å². The molecule has 2 aromatic rings. The molecule has 13 heteroatoms. The van der Waals surface area contributed by atoms with Gasteiger partial charge in [-0.1, -0.05) is 17.4 Å². The van der Waals surface area contributed by atoms with Crippen LogP contribution in [0.1, 0.15) is 68.7 Å². The molecular formula is C27H38BF2N3O6S. The number of hydrogen-bond donors (Lipinski definition) is 1. The quantitative estimate of drug-likeness (QED) is 0.515. The zero-order valence-corrected chi connectivity index (χ0v) is 25.3. The van der Waals surface area contributed by atoms with Gasteiger partial charge in [-0.25, -0.2) is 9.78 Å². The molecule has 0 saturated carbocycles. The third-order valence-electron chi connectivity index (χ3n) is 8.05. The molecule has 4 aliphatic rings. The number of piperazine rings is 1. The van der Waals surface area contributed by atoms with Gasteiger partial charge in [0.2, 0.25) is 0 Å². The van der Waals surface area contributed by atoms with Crippen LogP contribution in [0.4, 0.5) is 18.7 Å². The molecule has 0 aliphatic carbocycles. The molecule has 1 aromatic heterocycles. The summed E-state index contributed by atoms with van der Waals surface area (Å²) in [7, 11) is -0.734. The summed E-state index contributed by atoms with van der Waals surface area (Å²) in [6, 6.07) is 3.01. The van der Waals surface area contributed by atoms with Crippen molar-refractivity contribution in [1.29, 1.82) is 0 Å². The van der Waals surface area contributed by atoms with Gasteiger partial charge in [0, 0.05) is 18.6 Å². The van der Waals surface area contributed by atoms with Crippen molar-refractivity contribution < 1.29 is 37.5 Å². The van der Waals surface area contributed by atoms with Crippen LogP contribution < -0.4 is 15.1 Å². The number of rotatable bonds is 5. The lowest BCUT2D eigenvalue weighted by Crippen LogP contribution is -2.70. The number of piperidine rings is 1. The minimum Gasteiger partial charge on any atom is -0.444 e. The second-order valence-electron chi connectivity index (χ2n) is 13.4. The Labute approximate surface area is 237 Å². The predicted molar refractivity (Wildman–Crippen MR) is 150 cm³/mol. The highest BCUT2D eigenvalue weighted by Gasteiger charge is 2.54. The third kappa shape index (κ3) is 5.03. The van der Waals surface area contributed by atoms with Gasteiger partial charge < -0.3 is 28.8 Å². The van der Waals surface area contributed by atoms with Crippen LogP contribution >= 0.6 is 11.3 Å². The van der Waals surface area contributed by atoms with Crippen molar-refractivity contribution in [3.05, 3.63) is 12.1 Å². The molecule has 220 valence electrons. The molecule has 4 aliphatic heterocycles. The molecule has 0 spiro atoms. The Kier molecular flexibility index (Phi) is 6.69. The maximum atomic E-state index is 14.8. The number of thiazole rings is 1. The van der Waals surface area contributed by atoms with Gasteiger partial charge in [-0.3, -0.25) is 4.90 Å². The standard InChI is InChI=1S/C27H38BF2N3O6S/c1-23(2,3)37-22(34)33-15-12-16(33)14-32(13-15)21-31-19-18(36-27(29,30)24(4,5)35)11-10-17(20(19)40-21)28-38-25(6,7)26(8,9)39-28/h10-11,15-16,35H,12-14H2,1-9H3. The zero-order chi connectivity index (χ0) is 29.6. The van der Waals surface area contributed by atoms with E-state index in [0.717, 1.165) is 20.3 Å². The summed E-state index contributed by atoms with van der Waals surface area (Å²) < 4.78 is 53.4. The van der Waals surface area contributed by atoms with Gasteiger partial charge in [-0.2, -0.15) is 8.78 Å². The number of aromatic nitrogens is 1. The minimum absolute atomic E-state index is 0.0292. The van der Waals surface area contributed by atoms with E-state index in [1.807, 2.05) is 48.5 Å². The van der Waals surface area contributed by atoms with Gasteiger partial charge in [0.15, 0.2) is 16.5 Å². The van der Waals surface area contributed by atoms with E-state index in [0.29, 0.717) is 28.4 Å². The summed E-state index contributed by atoms with van der Waals surface area (Å²) >= 11 is 1.34. The van der Waals surface area contributed by atoms with E-state index < -0.39 is 35.6 Å². The highest BCUT2D eigenvalue weighted by molar-refractivity contribution is 7.23. The number of hydrogen-bond acceptors (Lipinski definition) is 9. The van der Waals surface area contributed by atoms with E-state index in [1.165, 1.54) is 17.4 Å². The minimum atomic E-state index is -3.86. The summed E-state index contributed by atoms with van der Waals surface area (Å²) in [6.07, 6.45) is -3.33. The number of amides is 1. The molecule has 2 atom stereocenters. The molecule has 1 aromatic carbocycles. The van der Waals surface area contributed by atoms with E-state index in [1.54, 1.807) is 11.0 Å². The Morgan fingerprint density at radius 3 is 2.20 bits per heavy atom.